The molecular weight excluding hydrogens is 390 g/mol. The number of hydrogen-bond acceptors (Lipinski definition) is 4. The number of benzene rings is 1. The van der Waals surface area contributed by atoms with Gasteiger partial charge in [-0.1, -0.05) is 39.0 Å². The Balaban J connectivity index is 1.51. The minimum Gasteiger partial charge on any atom is -0.321 e. The molecule has 5 heteroatoms. The molecule has 0 spiro atoms. The first-order valence-corrected chi connectivity index (χ1v) is 10.6. The van der Waals surface area contributed by atoms with Crippen molar-refractivity contribution in [2.24, 2.45) is 0 Å². The predicted octanol–water partition coefficient (Wildman–Crippen LogP) is 6.42. The molecule has 0 atom stereocenters. The number of carbonyl (C=O) groups is 1. The fourth-order valence-corrected chi connectivity index (χ4v) is 4.04. The molecule has 1 amide bonds. The van der Waals surface area contributed by atoms with Crippen LogP contribution in [0.2, 0.25) is 0 Å². The second kappa shape index (κ2) is 8.20. The summed E-state index contributed by atoms with van der Waals surface area (Å²) < 4.78 is 0. The zero-order valence-corrected chi connectivity index (χ0v) is 18.0. The molecule has 0 bridgehead atoms. The number of nitrogens with zero attached hydrogens (tertiary/aromatic N) is 2. The van der Waals surface area contributed by atoms with Crippen molar-refractivity contribution in [3.63, 3.8) is 0 Å². The van der Waals surface area contributed by atoms with Crippen LogP contribution in [0.3, 0.4) is 0 Å². The Morgan fingerprint density at radius 2 is 1.67 bits per heavy atom. The van der Waals surface area contributed by atoms with Gasteiger partial charge in [-0.25, -0.2) is 0 Å². The van der Waals surface area contributed by atoms with E-state index in [4.69, 9.17) is 0 Å². The molecule has 0 aliphatic rings. The number of carbonyl (C=O) groups excluding carboxylic acids is 1. The van der Waals surface area contributed by atoms with Crippen molar-refractivity contribution >= 4 is 22.9 Å². The first-order chi connectivity index (χ1) is 14.4. The van der Waals surface area contributed by atoms with E-state index in [1.54, 1.807) is 23.7 Å². The van der Waals surface area contributed by atoms with Crippen LogP contribution in [0.1, 0.15) is 36.7 Å². The van der Waals surface area contributed by atoms with E-state index in [9.17, 15) is 4.79 Å². The predicted molar refractivity (Wildman–Crippen MR) is 124 cm³/mol. The van der Waals surface area contributed by atoms with Gasteiger partial charge in [-0.05, 0) is 52.3 Å². The molecule has 0 radical (unpaired) electrons. The summed E-state index contributed by atoms with van der Waals surface area (Å²) in [5.41, 5.74) is 5.73. The molecule has 0 aliphatic heterocycles. The molecule has 1 N–H and O–H groups in total. The van der Waals surface area contributed by atoms with Crippen LogP contribution in [0.15, 0.2) is 78.7 Å². The fourth-order valence-electron chi connectivity index (χ4n) is 3.14. The van der Waals surface area contributed by atoms with E-state index in [1.807, 2.05) is 54.9 Å². The van der Waals surface area contributed by atoms with Crippen molar-refractivity contribution in [1.29, 1.82) is 0 Å². The van der Waals surface area contributed by atoms with Crippen LogP contribution in [0, 0.1) is 0 Å². The Morgan fingerprint density at radius 1 is 0.900 bits per heavy atom. The molecule has 3 aromatic heterocycles. The molecule has 3 heterocycles. The van der Waals surface area contributed by atoms with Gasteiger partial charge < -0.3 is 5.32 Å². The van der Waals surface area contributed by atoms with Crippen molar-refractivity contribution in [2.75, 3.05) is 5.32 Å². The third-order valence-electron chi connectivity index (χ3n) is 4.89. The van der Waals surface area contributed by atoms with Gasteiger partial charge in [0.2, 0.25) is 0 Å². The number of anilines is 1. The van der Waals surface area contributed by atoms with E-state index in [-0.39, 0.29) is 11.3 Å². The lowest BCUT2D eigenvalue weighted by atomic mass is 9.87. The maximum atomic E-state index is 12.7. The number of nitrogens with one attached hydrogen (secondary N) is 1. The average Bonchev–Trinajstić information content (AvgIpc) is 3.24. The lowest BCUT2D eigenvalue weighted by Gasteiger charge is -2.19. The molecule has 0 unspecified atom stereocenters. The van der Waals surface area contributed by atoms with Crippen molar-refractivity contribution < 1.29 is 4.79 Å². The maximum absolute atomic E-state index is 12.7. The van der Waals surface area contributed by atoms with Crippen molar-refractivity contribution in [1.82, 2.24) is 9.97 Å². The molecule has 0 fully saturated rings. The van der Waals surface area contributed by atoms with Crippen LogP contribution in [-0.4, -0.2) is 15.9 Å². The van der Waals surface area contributed by atoms with Crippen LogP contribution in [0.25, 0.3) is 21.6 Å². The van der Waals surface area contributed by atoms with Crippen molar-refractivity contribution in [2.45, 2.75) is 26.2 Å². The Bertz CT molecular complexity index is 1160. The SMILES string of the molecule is CC(C)(C)c1ccc(C(=O)Nc2cncc(-c3cc(-c4cccnc4)cs3)c2)cc1. The van der Waals surface area contributed by atoms with E-state index in [0.29, 0.717) is 11.3 Å². The van der Waals surface area contributed by atoms with Gasteiger partial charge in [0.15, 0.2) is 0 Å². The Labute approximate surface area is 180 Å². The quantitative estimate of drug-likeness (QED) is 0.420. The standard InChI is InChI=1S/C25H23N3OS/c1-25(2,3)21-8-6-17(7-9-21)24(29)28-22-11-19(14-27-15-22)23-12-20(16-30-23)18-5-4-10-26-13-18/h4-16H,1-3H3,(H,28,29). The maximum Gasteiger partial charge on any atom is 0.255 e. The lowest BCUT2D eigenvalue weighted by molar-refractivity contribution is 0.102. The van der Waals surface area contributed by atoms with E-state index in [0.717, 1.165) is 21.6 Å². The zero-order valence-electron chi connectivity index (χ0n) is 17.2. The highest BCUT2D eigenvalue weighted by atomic mass is 32.1. The minimum absolute atomic E-state index is 0.0582. The molecule has 0 saturated heterocycles. The molecule has 1 aromatic carbocycles. The number of amides is 1. The van der Waals surface area contributed by atoms with E-state index in [1.165, 1.54) is 5.56 Å². The third-order valence-corrected chi connectivity index (χ3v) is 5.87. The van der Waals surface area contributed by atoms with Crippen LogP contribution >= 0.6 is 11.3 Å². The lowest BCUT2D eigenvalue weighted by Crippen LogP contribution is -2.14. The van der Waals surface area contributed by atoms with Gasteiger partial charge in [0.25, 0.3) is 5.91 Å². The highest BCUT2D eigenvalue weighted by Gasteiger charge is 2.15. The fraction of sp³-hybridized carbons (Fsp3) is 0.160. The number of pyridine rings is 2. The van der Waals surface area contributed by atoms with Crippen molar-refractivity contribution in [3.05, 3.63) is 89.8 Å². The summed E-state index contributed by atoms with van der Waals surface area (Å²) in [5, 5.41) is 5.06. The highest BCUT2D eigenvalue weighted by Crippen LogP contribution is 2.33. The van der Waals surface area contributed by atoms with Gasteiger partial charge in [0, 0.05) is 40.2 Å². The second-order valence-corrected chi connectivity index (χ2v) is 9.10. The molecule has 4 rings (SSSR count). The molecule has 0 aliphatic carbocycles. The molecule has 0 saturated carbocycles. The number of rotatable bonds is 4. The van der Waals surface area contributed by atoms with Gasteiger partial charge in [0.1, 0.15) is 0 Å². The molecule has 30 heavy (non-hydrogen) atoms. The average molecular weight is 414 g/mol. The smallest absolute Gasteiger partial charge is 0.255 e. The first-order valence-electron chi connectivity index (χ1n) is 9.76. The van der Waals surface area contributed by atoms with Crippen LogP contribution in [0.5, 0.6) is 0 Å². The van der Waals surface area contributed by atoms with Gasteiger partial charge in [-0.2, -0.15) is 0 Å². The Kier molecular flexibility index (Phi) is 5.46. The van der Waals surface area contributed by atoms with Crippen LogP contribution < -0.4 is 5.32 Å². The zero-order chi connectivity index (χ0) is 21.1. The summed E-state index contributed by atoms with van der Waals surface area (Å²) in [5.74, 6) is -0.142. The largest absolute Gasteiger partial charge is 0.321 e. The van der Waals surface area contributed by atoms with Gasteiger partial charge >= 0.3 is 0 Å². The monoisotopic (exact) mass is 413 g/mol. The topological polar surface area (TPSA) is 54.9 Å². The molecular formula is C25H23N3OS. The number of thiophene rings is 1. The summed E-state index contributed by atoms with van der Waals surface area (Å²) >= 11 is 1.64. The summed E-state index contributed by atoms with van der Waals surface area (Å²) in [6.07, 6.45) is 7.10. The number of hydrogen-bond donors (Lipinski definition) is 1. The first kappa shape index (κ1) is 20.0. The summed E-state index contributed by atoms with van der Waals surface area (Å²) in [6, 6.07) is 15.8. The summed E-state index contributed by atoms with van der Waals surface area (Å²) in [7, 11) is 0. The Hall–Kier alpha value is -3.31. The normalized spacial score (nSPS) is 11.3. The number of aromatic nitrogens is 2. The second-order valence-electron chi connectivity index (χ2n) is 8.19. The summed E-state index contributed by atoms with van der Waals surface area (Å²) in [4.78, 5) is 22.3. The Morgan fingerprint density at radius 3 is 2.37 bits per heavy atom. The van der Waals surface area contributed by atoms with E-state index >= 15 is 0 Å². The summed E-state index contributed by atoms with van der Waals surface area (Å²) in [6.45, 7) is 6.47. The minimum atomic E-state index is -0.142. The van der Waals surface area contributed by atoms with Crippen LogP contribution in [0.4, 0.5) is 5.69 Å². The third kappa shape index (κ3) is 4.47. The molecule has 150 valence electrons. The van der Waals surface area contributed by atoms with E-state index < -0.39 is 0 Å². The van der Waals surface area contributed by atoms with Crippen LogP contribution in [-0.2, 0) is 5.41 Å². The van der Waals surface area contributed by atoms with Crippen molar-refractivity contribution in [3.8, 4) is 21.6 Å². The highest BCUT2D eigenvalue weighted by molar-refractivity contribution is 7.14. The molecule has 4 nitrogen and oxygen atoms in total. The molecule has 4 aromatic rings. The van der Waals surface area contributed by atoms with E-state index in [2.05, 4.69) is 47.5 Å². The van der Waals surface area contributed by atoms with Gasteiger partial charge in [-0.15, -0.1) is 11.3 Å². The van der Waals surface area contributed by atoms with Gasteiger partial charge in [-0.3, -0.25) is 14.8 Å². The van der Waals surface area contributed by atoms with Gasteiger partial charge in [0.05, 0.1) is 11.9 Å².